The molecule has 1 aromatic carbocycles. The third kappa shape index (κ3) is 5.44. The molecule has 1 aromatic rings. The number of aryl methyl sites for hydroxylation is 2. The summed E-state index contributed by atoms with van der Waals surface area (Å²) in [6.07, 6.45) is -0.548. The van der Waals surface area contributed by atoms with Crippen molar-refractivity contribution in [2.24, 2.45) is 0 Å². The average molecular weight is 304 g/mol. The van der Waals surface area contributed by atoms with Crippen molar-refractivity contribution in [2.45, 2.75) is 40.2 Å². The van der Waals surface area contributed by atoms with Crippen molar-refractivity contribution in [1.29, 1.82) is 0 Å². The number of rotatable bonds is 2. The van der Waals surface area contributed by atoms with Crippen LogP contribution in [-0.4, -0.2) is 23.2 Å². The van der Waals surface area contributed by atoms with Crippen LogP contribution in [0.5, 0.6) is 0 Å². The molecular formula is C16H20N2O4. The zero-order valence-corrected chi connectivity index (χ0v) is 13.4. The van der Waals surface area contributed by atoms with Crippen LogP contribution in [0.1, 0.15) is 37.5 Å². The number of carbonyl (C=O) groups is 1. The lowest BCUT2D eigenvalue weighted by molar-refractivity contribution is -0.385. The summed E-state index contributed by atoms with van der Waals surface area (Å²) in [5.74, 6) is 5.59. The minimum absolute atomic E-state index is 0.0370. The normalized spacial score (nSPS) is 10.4. The fourth-order valence-corrected chi connectivity index (χ4v) is 1.74. The maximum absolute atomic E-state index is 11.4. The van der Waals surface area contributed by atoms with Gasteiger partial charge in [-0.2, -0.15) is 0 Å². The molecule has 0 unspecified atom stereocenters. The first kappa shape index (κ1) is 17.5. The fraction of sp³-hybridized carbons (Fsp3) is 0.438. The third-order valence-electron chi connectivity index (χ3n) is 2.68. The number of hydrogen-bond donors (Lipinski definition) is 1. The largest absolute Gasteiger partial charge is 0.444 e. The first-order valence-corrected chi connectivity index (χ1v) is 6.81. The smallest absolute Gasteiger partial charge is 0.408 e. The van der Waals surface area contributed by atoms with Crippen LogP contribution in [0.25, 0.3) is 0 Å². The van der Waals surface area contributed by atoms with E-state index in [1.807, 2.05) is 6.92 Å². The Morgan fingerprint density at radius 3 is 2.50 bits per heavy atom. The SMILES string of the molecule is Cc1cc(C)c([N+](=O)[O-])cc1C#CCNC(=O)OC(C)(C)C. The van der Waals surface area contributed by atoms with Gasteiger partial charge >= 0.3 is 6.09 Å². The summed E-state index contributed by atoms with van der Waals surface area (Å²) in [7, 11) is 0. The molecule has 0 heterocycles. The zero-order chi connectivity index (χ0) is 16.9. The number of nitro benzene ring substituents is 1. The van der Waals surface area contributed by atoms with Crippen LogP contribution in [0.3, 0.4) is 0 Å². The predicted octanol–water partition coefficient (Wildman–Crippen LogP) is 3.09. The molecule has 0 atom stereocenters. The number of ether oxygens (including phenoxy) is 1. The molecule has 0 fully saturated rings. The molecule has 0 aliphatic carbocycles. The van der Waals surface area contributed by atoms with Crippen LogP contribution < -0.4 is 5.32 Å². The Morgan fingerprint density at radius 2 is 1.95 bits per heavy atom. The van der Waals surface area contributed by atoms with E-state index in [-0.39, 0.29) is 12.2 Å². The van der Waals surface area contributed by atoms with Gasteiger partial charge in [-0.05, 0) is 46.2 Å². The van der Waals surface area contributed by atoms with Crippen molar-refractivity contribution >= 4 is 11.8 Å². The van der Waals surface area contributed by atoms with E-state index in [0.29, 0.717) is 11.1 Å². The van der Waals surface area contributed by atoms with Gasteiger partial charge in [0.25, 0.3) is 5.69 Å². The lowest BCUT2D eigenvalue weighted by Gasteiger charge is -2.19. The van der Waals surface area contributed by atoms with Crippen LogP contribution >= 0.6 is 0 Å². The number of nitro groups is 1. The highest BCUT2D eigenvalue weighted by atomic mass is 16.6. The lowest BCUT2D eigenvalue weighted by Crippen LogP contribution is -2.32. The monoisotopic (exact) mass is 304 g/mol. The molecule has 118 valence electrons. The Balaban J connectivity index is 2.75. The summed E-state index contributed by atoms with van der Waals surface area (Å²) >= 11 is 0. The molecule has 0 aromatic heterocycles. The number of hydrogen-bond acceptors (Lipinski definition) is 4. The molecule has 0 aliphatic heterocycles. The molecule has 0 saturated heterocycles. The van der Waals surface area contributed by atoms with Crippen LogP contribution in [0.15, 0.2) is 12.1 Å². The molecule has 0 radical (unpaired) electrons. The van der Waals surface area contributed by atoms with E-state index in [1.165, 1.54) is 6.07 Å². The number of benzene rings is 1. The van der Waals surface area contributed by atoms with Gasteiger partial charge in [-0.15, -0.1) is 0 Å². The van der Waals surface area contributed by atoms with Gasteiger partial charge < -0.3 is 10.1 Å². The second kappa shape index (κ2) is 6.94. The van der Waals surface area contributed by atoms with E-state index in [1.54, 1.807) is 33.8 Å². The van der Waals surface area contributed by atoms with Crippen molar-refractivity contribution in [3.8, 4) is 11.8 Å². The Labute approximate surface area is 130 Å². The summed E-state index contributed by atoms with van der Waals surface area (Å²) < 4.78 is 5.07. The van der Waals surface area contributed by atoms with Gasteiger partial charge in [-0.3, -0.25) is 10.1 Å². The van der Waals surface area contributed by atoms with Gasteiger partial charge in [0.15, 0.2) is 0 Å². The zero-order valence-electron chi connectivity index (χ0n) is 13.4. The summed E-state index contributed by atoms with van der Waals surface area (Å²) in [5.41, 5.74) is 1.50. The molecular weight excluding hydrogens is 284 g/mol. The van der Waals surface area contributed by atoms with E-state index >= 15 is 0 Å². The van der Waals surface area contributed by atoms with Gasteiger partial charge in [0.1, 0.15) is 5.60 Å². The number of carbonyl (C=O) groups excluding carboxylic acids is 1. The van der Waals surface area contributed by atoms with E-state index in [0.717, 1.165) is 5.56 Å². The minimum Gasteiger partial charge on any atom is -0.444 e. The molecule has 0 aliphatic rings. The molecule has 1 rings (SSSR count). The molecule has 6 heteroatoms. The second-order valence-corrected chi connectivity index (χ2v) is 5.87. The van der Waals surface area contributed by atoms with Crippen LogP contribution in [0, 0.1) is 35.8 Å². The topological polar surface area (TPSA) is 81.5 Å². The van der Waals surface area contributed by atoms with Crippen molar-refractivity contribution in [2.75, 3.05) is 6.54 Å². The molecule has 0 spiro atoms. The highest BCUT2D eigenvalue weighted by Gasteiger charge is 2.15. The van der Waals surface area contributed by atoms with E-state index < -0.39 is 16.6 Å². The standard InChI is InChI=1S/C16H20N2O4/c1-11-9-12(2)14(18(20)21)10-13(11)7-6-8-17-15(19)22-16(3,4)5/h9-10H,8H2,1-5H3,(H,17,19). The Morgan fingerprint density at radius 1 is 1.32 bits per heavy atom. The highest BCUT2D eigenvalue weighted by molar-refractivity contribution is 5.68. The molecule has 22 heavy (non-hydrogen) atoms. The minimum atomic E-state index is -0.564. The summed E-state index contributed by atoms with van der Waals surface area (Å²) in [6, 6.07) is 3.18. The van der Waals surface area contributed by atoms with Crippen LogP contribution in [0.4, 0.5) is 10.5 Å². The van der Waals surface area contributed by atoms with Crippen LogP contribution in [0.2, 0.25) is 0 Å². The second-order valence-electron chi connectivity index (χ2n) is 5.87. The highest BCUT2D eigenvalue weighted by Crippen LogP contribution is 2.21. The fourth-order valence-electron chi connectivity index (χ4n) is 1.74. The Kier molecular flexibility index (Phi) is 5.52. The first-order valence-electron chi connectivity index (χ1n) is 6.81. The molecule has 1 amide bonds. The molecule has 0 saturated carbocycles. The molecule has 1 N–H and O–H groups in total. The van der Waals surface area contributed by atoms with Gasteiger partial charge in [0.05, 0.1) is 11.5 Å². The van der Waals surface area contributed by atoms with E-state index in [9.17, 15) is 14.9 Å². The quantitative estimate of drug-likeness (QED) is 0.517. The lowest BCUT2D eigenvalue weighted by atomic mass is 10.0. The van der Waals surface area contributed by atoms with Gasteiger partial charge in [0.2, 0.25) is 0 Å². The van der Waals surface area contributed by atoms with Crippen molar-refractivity contribution in [1.82, 2.24) is 5.32 Å². The van der Waals surface area contributed by atoms with Crippen LogP contribution in [-0.2, 0) is 4.74 Å². The molecule has 0 bridgehead atoms. The van der Waals surface area contributed by atoms with Gasteiger partial charge in [0, 0.05) is 17.2 Å². The summed E-state index contributed by atoms with van der Waals surface area (Å²) in [5, 5.41) is 13.4. The number of nitrogens with one attached hydrogen (secondary N) is 1. The summed E-state index contributed by atoms with van der Waals surface area (Å²) in [4.78, 5) is 21.9. The van der Waals surface area contributed by atoms with Gasteiger partial charge in [-0.1, -0.05) is 11.8 Å². The van der Waals surface area contributed by atoms with E-state index in [2.05, 4.69) is 17.2 Å². The van der Waals surface area contributed by atoms with Crippen molar-refractivity contribution < 1.29 is 14.5 Å². The number of alkyl carbamates (subject to hydrolysis) is 1. The average Bonchev–Trinajstić information content (AvgIpc) is 2.33. The van der Waals surface area contributed by atoms with Gasteiger partial charge in [-0.25, -0.2) is 4.79 Å². The number of nitrogens with zero attached hydrogens (tertiary/aromatic N) is 1. The third-order valence-corrected chi connectivity index (χ3v) is 2.68. The number of amides is 1. The van der Waals surface area contributed by atoms with Crippen molar-refractivity contribution in [3.05, 3.63) is 38.9 Å². The Bertz CT molecular complexity index is 649. The first-order chi connectivity index (χ1) is 10.1. The maximum Gasteiger partial charge on any atom is 0.408 e. The molecule has 6 nitrogen and oxygen atoms in total. The summed E-state index contributed by atoms with van der Waals surface area (Å²) in [6.45, 7) is 8.94. The van der Waals surface area contributed by atoms with Crippen molar-refractivity contribution in [3.63, 3.8) is 0 Å². The van der Waals surface area contributed by atoms with E-state index in [4.69, 9.17) is 4.74 Å². The Hall–Kier alpha value is -2.55. The predicted molar refractivity (Wildman–Crippen MR) is 83.7 cm³/mol. The maximum atomic E-state index is 11.4.